The highest BCUT2D eigenvalue weighted by Crippen LogP contribution is 2.19. The molecule has 4 nitrogen and oxygen atoms in total. The van der Waals surface area contributed by atoms with Crippen LogP contribution in [0.1, 0.15) is 18.4 Å². The Morgan fingerprint density at radius 3 is 2.81 bits per heavy atom. The number of nitrogens with zero attached hydrogens (tertiary/aromatic N) is 1. The minimum atomic E-state index is 0.550. The van der Waals surface area contributed by atoms with Crippen molar-refractivity contribution in [1.29, 1.82) is 0 Å². The second-order valence-corrected chi connectivity index (χ2v) is 4.67. The summed E-state index contributed by atoms with van der Waals surface area (Å²) < 4.78 is 1.07. The van der Waals surface area contributed by atoms with E-state index in [2.05, 4.69) is 31.7 Å². The number of hydrogen-bond donors (Lipinski definition) is 3. The van der Waals surface area contributed by atoms with Crippen molar-refractivity contribution in [1.82, 2.24) is 10.7 Å². The van der Waals surface area contributed by atoms with Crippen molar-refractivity contribution in [3.05, 3.63) is 34.3 Å². The smallest absolute Gasteiger partial charge is 0.206 e. The van der Waals surface area contributed by atoms with E-state index in [0.717, 1.165) is 10.0 Å². The molecule has 0 radical (unpaired) electrons. The Hall–Kier alpha value is -1.07. The van der Waals surface area contributed by atoms with Gasteiger partial charge in [0.25, 0.3) is 0 Å². The summed E-state index contributed by atoms with van der Waals surface area (Å²) in [6, 6.07) is 8.59. The summed E-state index contributed by atoms with van der Waals surface area (Å²) in [5.41, 5.74) is 3.73. The minimum Gasteiger partial charge on any atom is -0.353 e. The van der Waals surface area contributed by atoms with Crippen LogP contribution in [0, 0.1) is 0 Å². The van der Waals surface area contributed by atoms with Gasteiger partial charge in [0, 0.05) is 10.5 Å². The van der Waals surface area contributed by atoms with Crippen molar-refractivity contribution in [2.75, 3.05) is 0 Å². The molecule has 0 atom stereocenters. The number of hydrazine groups is 1. The van der Waals surface area contributed by atoms with Crippen LogP contribution in [-0.2, 0) is 6.54 Å². The average Bonchev–Trinajstić information content (AvgIpc) is 3.10. The highest BCUT2D eigenvalue weighted by molar-refractivity contribution is 9.10. The van der Waals surface area contributed by atoms with Gasteiger partial charge in [-0.1, -0.05) is 34.1 Å². The summed E-state index contributed by atoms with van der Waals surface area (Å²) in [5.74, 6) is 6.06. The van der Waals surface area contributed by atoms with Crippen LogP contribution < -0.4 is 16.6 Å². The van der Waals surface area contributed by atoms with Crippen LogP contribution in [0.5, 0.6) is 0 Å². The van der Waals surface area contributed by atoms with Crippen molar-refractivity contribution < 1.29 is 0 Å². The fourth-order valence-corrected chi connectivity index (χ4v) is 1.75. The van der Waals surface area contributed by atoms with Gasteiger partial charge in [-0.05, 0) is 24.5 Å². The summed E-state index contributed by atoms with van der Waals surface area (Å²) in [6.07, 6.45) is 2.41. The number of guanidine groups is 1. The van der Waals surface area contributed by atoms with Gasteiger partial charge in [-0.3, -0.25) is 5.43 Å². The van der Waals surface area contributed by atoms with Crippen molar-refractivity contribution in [3.8, 4) is 0 Å². The Bertz CT molecular complexity index is 387. The Labute approximate surface area is 103 Å². The molecule has 5 heteroatoms. The lowest BCUT2D eigenvalue weighted by atomic mass is 10.2. The first-order valence-corrected chi connectivity index (χ1v) is 6.10. The first-order valence-electron chi connectivity index (χ1n) is 5.30. The van der Waals surface area contributed by atoms with Gasteiger partial charge in [0.05, 0.1) is 6.54 Å². The number of aliphatic imine (C=N–C) groups is 1. The van der Waals surface area contributed by atoms with Crippen LogP contribution in [0.25, 0.3) is 0 Å². The van der Waals surface area contributed by atoms with Gasteiger partial charge < -0.3 is 5.32 Å². The van der Waals surface area contributed by atoms with E-state index in [0.29, 0.717) is 18.5 Å². The van der Waals surface area contributed by atoms with Gasteiger partial charge in [0.15, 0.2) is 0 Å². The van der Waals surface area contributed by atoms with Crippen LogP contribution in [0.15, 0.2) is 33.7 Å². The molecule has 0 aliphatic heterocycles. The fraction of sp³-hybridized carbons (Fsp3) is 0.364. The standard InChI is InChI=1S/C11H15BrN4/c12-10-4-2-1-3-8(10)7-14-11(16-13)15-9-5-6-9/h1-4,9H,5-7,13H2,(H2,14,15,16). The monoisotopic (exact) mass is 282 g/mol. The zero-order chi connectivity index (χ0) is 11.4. The lowest BCUT2D eigenvalue weighted by Gasteiger charge is -2.08. The molecule has 0 bridgehead atoms. The molecule has 0 heterocycles. The summed E-state index contributed by atoms with van der Waals surface area (Å²) in [4.78, 5) is 4.39. The lowest BCUT2D eigenvalue weighted by molar-refractivity contribution is 0.820. The highest BCUT2D eigenvalue weighted by Gasteiger charge is 2.21. The second-order valence-electron chi connectivity index (χ2n) is 3.82. The van der Waals surface area contributed by atoms with E-state index >= 15 is 0 Å². The molecule has 4 N–H and O–H groups in total. The molecule has 2 rings (SSSR count). The van der Waals surface area contributed by atoms with Crippen LogP contribution in [0.2, 0.25) is 0 Å². The topological polar surface area (TPSA) is 62.4 Å². The minimum absolute atomic E-state index is 0.550. The van der Waals surface area contributed by atoms with Crippen molar-refractivity contribution in [2.45, 2.75) is 25.4 Å². The second kappa shape index (κ2) is 5.32. The first kappa shape index (κ1) is 11.4. The zero-order valence-electron chi connectivity index (χ0n) is 8.91. The number of hydrogen-bond acceptors (Lipinski definition) is 2. The molecule has 0 unspecified atom stereocenters. The highest BCUT2D eigenvalue weighted by atomic mass is 79.9. The van der Waals surface area contributed by atoms with Gasteiger partial charge in [-0.25, -0.2) is 10.8 Å². The number of nitrogens with one attached hydrogen (secondary N) is 2. The fourth-order valence-electron chi connectivity index (χ4n) is 1.34. The SMILES string of the molecule is NNC(=NCc1ccccc1Br)NC1CC1. The largest absolute Gasteiger partial charge is 0.353 e. The molecule has 1 aromatic rings. The molecule has 1 aliphatic rings. The van der Waals surface area contributed by atoms with Crippen molar-refractivity contribution >= 4 is 21.9 Å². The summed E-state index contributed by atoms with van der Waals surface area (Å²) in [5, 5.41) is 3.23. The Balaban J connectivity index is 1.97. The number of nitrogens with two attached hydrogens (primary N) is 1. The van der Waals surface area contributed by atoms with Gasteiger partial charge in [-0.2, -0.15) is 0 Å². The Morgan fingerprint density at radius 2 is 2.19 bits per heavy atom. The van der Waals surface area contributed by atoms with Gasteiger partial charge in [-0.15, -0.1) is 0 Å². The quantitative estimate of drug-likeness (QED) is 0.341. The molecule has 1 aliphatic carbocycles. The van der Waals surface area contributed by atoms with Crippen LogP contribution in [0.4, 0.5) is 0 Å². The number of halogens is 1. The molecule has 0 spiro atoms. The van der Waals surface area contributed by atoms with E-state index in [-0.39, 0.29) is 0 Å². The predicted octanol–water partition coefficient (Wildman–Crippen LogP) is 1.52. The summed E-state index contributed by atoms with van der Waals surface area (Å²) >= 11 is 3.49. The van der Waals surface area contributed by atoms with Crippen molar-refractivity contribution in [3.63, 3.8) is 0 Å². The third-order valence-corrected chi connectivity index (χ3v) is 3.19. The zero-order valence-corrected chi connectivity index (χ0v) is 10.5. The molecular formula is C11H15BrN4. The molecule has 86 valence electrons. The normalized spacial score (nSPS) is 16.0. The third kappa shape index (κ3) is 3.21. The molecule has 0 saturated heterocycles. The molecule has 0 aromatic heterocycles. The number of rotatable bonds is 3. The third-order valence-electron chi connectivity index (χ3n) is 2.42. The number of benzene rings is 1. The molecular weight excluding hydrogens is 268 g/mol. The Kier molecular flexibility index (Phi) is 3.79. The first-order chi connectivity index (χ1) is 7.79. The van der Waals surface area contributed by atoms with Crippen LogP contribution in [0.3, 0.4) is 0 Å². The molecule has 1 fully saturated rings. The average molecular weight is 283 g/mol. The van der Waals surface area contributed by atoms with Crippen LogP contribution in [-0.4, -0.2) is 12.0 Å². The van der Waals surface area contributed by atoms with E-state index in [1.807, 2.05) is 24.3 Å². The maximum atomic E-state index is 5.40. The maximum Gasteiger partial charge on any atom is 0.206 e. The predicted molar refractivity (Wildman–Crippen MR) is 68.8 cm³/mol. The van der Waals surface area contributed by atoms with Crippen molar-refractivity contribution in [2.24, 2.45) is 10.8 Å². The van der Waals surface area contributed by atoms with E-state index in [4.69, 9.17) is 5.84 Å². The molecule has 1 saturated carbocycles. The lowest BCUT2D eigenvalue weighted by Crippen LogP contribution is -2.42. The molecule has 16 heavy (non-hydrogen) atoms. The van der Waals surface area contributed by atoms with Gasteiger partial charge in [0.2, 0.25) is 5.96 Å². The van der Waals surface area contributed by atoms with Crippen LogP contribution >= 0.6 is 15.9 Å². The van der Waals surface area contributed by atoms with E-state index in [1.54, 1.807) is 0 Å². The summed E-state index contributed by atoms with van der Waals surface area (Å²) in [7, 11) is 0. The maximum absolute atomic E-state index is 5.40. The van der Waals surface area contributed by atoms with E-state index < -0.39 is 0 Å². The summed E-state index contributed by atoms with van der Waals surface area (Å²) in [6.45, 7) is 0.612. The van der Waals surface area contributed by atoms with Gasteiger partial charge in [0.1, 0.15) is 0 Å². The van der Waals surface area contributed by atoms with E-state index in [1.165, 1.54) is 12.8 Å². The molecule has 1 aromatic carbocycles. The Morgan fingerprint density at radius 1 is 1.44 bits per heavy atom. The van der Waals surface area contributed by atoms with Gasteiger partial charge >= 0.3 is 0 Å². The van der Waals surface area contributed by atoms with E-state index in [9.17, 15) is 0 Å². The molecule has 0 amide bonds.